The SMILES string of the molecule is CCNC(=O)[C@H](C)N(Cc1cccc(Cl)c1)C(=O)COc1ccc(F)cc1. The normalized spacial score (nSPS) is 11.6. The molecule has 0 saturated heterocycles. The summed E-state index contributed by atoms with van der Waals surface area (Å²) < 4.78 is 18.4. The molecular weight excluding hydrogens is 371 g/mol. The zero-order valence-electron chi connectivity index (χ0n) is 15.2. The number of amides is 2. The van der Waals surface area contributed by atoms with Crippen LogP contribution in [0, 0.1) is 5.82 Å². The van der Waals surface area contributed by atoms with Gasteiger partial charge in [-0.1, -0.05) is 23.7 Å². The van der Waals surface area contributed by atoms with Gasteiger partial charge >= 0.3 is 0 Å². The third-order valence-corrected chi connectivity index (χ3v) is 4.17. The summed E-state index contributed by atoms with van der Waals surface area (Å²) in [4.78, 5) is 26.4. The highest BCUT2D eigenvalue weighted by molar-refractivity contribution is 6.30. The van der Waals surface area contributed by atoms with Crippen LogP contribution in [0.5, 0.6) is 5.75 Å². The highest BCUT2D eigenvalue weighted by Gasteiger charge is 2.26. The molecule has 2 aromatic carbocycles. The Morgan fingerprint density at radius 2 is 1.93 bits per heavy atom. The number of carbonyl (C=O) groups is 2. The first-order valence-corrected chi connectivity index (χ1v) is 8.98. The van der Waals surface area contributed by atoms with Crippen LogP contribution in [-0.2, 0) is 16.1 Å². The topological polar surface area (TPSA) is 58.6 Å². The van der Waals surface area contributed by atoms with E-state index in [0.29, 0.717) is 17.3 Å². The molecule has 0 aliphatic rings. The molecular formula is C20H22ClFN2O3. The quantitative estimate of drug-likeness (QED) is 0.749. The van der Waals surface area contributed by atoms with Crippen molar-refractivity contribution in [1.82, 2.24) is 10.2 Å². The predicted octanol–water partition coefficient (Wildman–Crippen LogP) is 3.41. The lowest BCUT2D eigenvalue weighted by Crippen LogP contribution is -2.49. The zero-order chi connectivity index (χ0) is 19.8. The van der Waals surface area contributed by atoms with Crippen LogP contribution in [0.1, 0.15) is 19.4 Å². The summed E-state index contributed by atoms with van der Waals surface area (Å²) in [5.74, 6) is -0.632. The molecule has 27 heavy (non-hydrogen) atoms. The van der Waals surface area contributed by atoms with Crippen molar-refractivity contribution in [1.29, 1.82) is 0 Å². The molecule has 0 aliphatic carbocycles. The molecule has 144 valence electrons. The molecule has 1 N–H and O–H groups in total. The molecule has 0 saturated carbocycles. The molecule has 0 radical (unpaired) electrons. The van der Waals surface area contributed by atoms with E-state index in [1.165, 1.54) is 29.2 Å². The number of ether oxygens (including phenoxy) is 1. The Morgan fingerprint density at radius 1 is 1.22 bits per heavy atom. The predicted molar refractivity (Wildman–Crippen MR) is 102 cm³/mol. The molecule has 0 fully saturated rings. The van der Waals surface area contributed by atoms with Crippen molar-refractivity contribution in [2.24, 2.45) is 0 Å². The average molecular weight is 393 g/mol. The molecule has 0 aromatic heterocycles. The maximum Gasteiger partial charge on any atom is 0.261 e. The second-order valence-corrected chi connectivity index (χ2v) is 6.40. The number of carbonyl (C=O) groups excluding carboxylic acids is 2. The van der Waals surface area contributed by atoms with Crippen LogP contribution in [0.3, 0.4) is 0 Å². The molecule has 2 rings (SSSR count). The Hall–Kier alpha value is -2.60. The molecule has 0 unspecified atom stereocenters. The Balaban J connectivity index is 2.12. The van der Waals surface area contributed by atoms with Gasteiger partial charge in [0, 0.05) is 18.1 Å². The Kier molecular flexibility index (Phi) is 7.61. The van der Waals surface area contributed by atoms with Crippen molar-refractivity contribution >= 4 is 23.4 Å². The van der Waals surface area contributed by atoms with Crippen molar-refractivity contribution in [2.75, 3.05) is 13.2 Å². The summed E-state index contributed by atoms with van der Waals surface area (Å²) in [6.45, 7) is 3.88. The molecule has 2 amide bonds. The van der Waals surface area contributed by atoms with Gasteiger partial charge in [0.25, 0.3) is 5.91 Å². The van der Waals surface area contributed by atoms with Gasteiger partial charge in [-0.25, -0.2) is 4.39 Å². The first kappa shape index (κ1) is 20.7. The fraction of sp³-hybridized carbons (Fsp3) is 0.300. The van der Waals surface area contributed by atoms with Crippen molar-refractivity contribution in [2.45, 2.75) is 26.4 Å². The largest absolute Gasteiger partial charge is 0.484 e. The molecule has 0 heterocycles. The number of hydrogen-bond donors (Lipinski definition) is 1. The van der Waals surface area contributed by atoms with Gasteiger partial charge < -0.3 is 15.0 Å². The van der Waals surface area contributed by atoms with Gasteiger partial charge in [-0.2, -0.15) is 0 Å². The van der Waals surface area contributed by atoms with Crippen molar-refractivity contribution < 1.29 is 18.7 Å². The van der Waals surface area contributed by atoms with Gasteiger partial charge in [0.2, 0.25) is 5.91 Å². The molecule has 1 atom stereocenters. The van der Waals surface area contributed by atoms with E-state index in [-0.39, 0.29) is 30.8 Å². The number of hydrogen-bond acceptors (Lipinski definition) is 3. The average Bonchev–Trinajstić information content (AvgIpc) is 2.65. The first-order valence-electron chi connectivity index (χ1n) is 8.60. The minimum absolute atomic E-state index is 0.213. The number of rotatable bonds is 8. The lowest BCUT2D eigenvalue weighted by molar-refractivity contribution is -0.142. The van der Waals surface area contributed by atoms with E-state index in [9.17, 15) is 14.0 Å². The minimum atomic E-state index is -0.687. The van der Waals surface area contributed by atoms with E-state index in [2.05, 4.69) is 5.32 Å². The van der Waals surface area contributed by atoms with Gasteiger partial charge in [0.15, 0.2) is 6.61 Å². The summed E-state index contributed by atoms with van der Waals surface area (Å²) in [5, 5.41) is 3.27. The van der Waals surface area contributed by atoms with Gasteiger partial charge in [-0.05, 0) is 55.8 Å². The Bertz CT molecular complexity index is 783. The van der Waals surface area contributed by atoms with Crippen LogP contribution >= 0.6 is 11.6 Å². The van der Waals surface area contributed by atoms with Crippen LogP contribution in [0.25, 0.3) is 0 Å². The smallest absolute Gasteiger partial charge is 0.261 e. The monoisotopic (exact) mass is 392 g/mol. The number of likely N-dealkylation sites (N-methyl/N-ethyl adjacent to an activating group) is 1. The Morgan fingerprint density at radius 3 is 2.56 bits per heavy atom. The fourth-order valence-electron chi connectivity index (χ4n) is 2.50. The van der Waals surface area contributed by atoms with Crippen LogP contribution in [0.2, 0.25) is 5.02 Å². The summed E-state index contributed by atoms with van der Waals surface area (Å²) in [6.07, 6.45) is 0. The highest BCUT2D eigenvalue weighted by atomic mass is 35.5. The summed E-state index contributed by atoms with van der Waals surface area (Å²) in [7, 11) is 0. The lowest BCUT2D eigenvalue weighted by atomic mass is 10.1. The molecule has 7 heteroatoms. The summed E-state index contributed by atoms with van der Waals surface area (Å²) in [5.41, 5.74) is 0.800. The summed E-state index contributed by atoms with van der Waals surface area (Å²) >= 11 is 6.02. The van der Waals surface area contributed by atoms with Gasteiger partial charge in [0.1, 0.15) is 17.6 Å². The molecule has 5 nitrogen and oxygen atoms in total. The highest BCUT2D eigenvalue weighted by Crippen LogP contribution is 2.16. The number of benzene rings is 2. The maximum atomic E-state index is 13.0. The van der Waals surface area contributed by atoms with Crippen molar-refractivity contribution in [3.05, 3.63) is 64.9 Å². The van der Waals surface area contributed by atoms with Crippen LogP contribution < -0.4 is 10.1 Å². The van der Waals surface area contributed by atoms with Crippen LogP contribution in [0.4, 0.5) is 4.39 Å². The van der Waals surface area contributed by atoms with Gasteiger partial charge in [-0.3, -0.25) is 9.59 Å². The second kappa shape index (κ2) is 9.92. The third-order valence-electron chi connectivity index (χ3n) is 3.94. The maximum absolute atomic E-state index is 13.0. The van der Waals surface area contributed by atoms with E-state index < -0.39 is 6.04 Å². The number of nitrogens with zero attached hydrogens (tertiary/aromatic N) is 1. The van der Waals surface area contributed by atoms with E-state index in [0.717, 1.165) is 5.56 Å². The molecule has 0 spiro atoms. The lowest BCUT2D eigenvalue weighted by Gasteiger charge is -2.28. The summed E-state index contributed by atoms with van der Waals surface area (Å²) in [6, 6.07) is 11.8. The standard InChI is InChI=1S/C20H22ClFN2O3/c1-3-23-20(26)14(2)24(12-15-5-4-6-16(21)11-15)19(25)13-27-18-9-7-17(22)8-10-18/h4-11,14H,3,12-13H2,1-2H3,(H,23,26)/t14-/m0/s1. The van der Waals surface area contributed by atoms with Crippen molar-refractivity contribution in [3.8, 4) is 5.75 Å². The number of halogens is 2. The first-order chi connectivity index (χ1) is 12.9. The number of nitrogens with one attached hydrogen (secondary N) is 1. The van der Waals surface area contributed by atoms with E-state index in [1.807, 2.05) is 13.0 Å². The second-order valence-electron chi connectivity index (χ2n) is 5.96. The van der Waals surface area contributed by atoms with Gasteiger partial charge in [0.05, 0.1) is 0 Å². The molecule has 2 aromatic rings. The Labute approximate surface area is 163 Å². The molecule has 0 bridgehead atoms. The van der Waals surface area contributed by atoms with Crippen LogP contribution in [0.15, 0.2) is 48.5 Å². The van der Waals surface area contributed by atoms with E-state index in [1.54, 1.807) is 25.1 Å². The van der Waals surface area contributed by atoms with Gasteiger partial charge in [-0.15, -0.1) is 0 Å². The van der Waals surface area contributed by atoms with E-state index in [4.69, 9.17) is 16.3 Å². The van der Waals surface area contributed by atoms with Crippen molar-refractivity contribution in [3.63, 3.8) is 0 Å². The fourth-order valence-corrected chi connectivity index (χ4v) is 2.71. The van der Waals surface area contributed by atoms with Crippen LogP contribution in [-0.4, -0.2) is 35.9 Å². The minimum Gasteiger partial charge on any atom is -0.484 e. The molecule has 0 aliphatic heterocycles. The third kappa shape index (κ3) is 6.25. The zero-order valence-corrected chi connectivity index (χ0v) is 16.0. The van der Waals surface area contributed by atoms with E-state index >= 15 is 0 Å².